The van der Waals surface area contributed by atoms with Crippen molar-refractivity contribution in [1.82, 2.24) is 5.43 Å². The van der Waals surface area contributed by atoms with E-state index < -0.39 is 6.10 Å². The molecule has 0 radical (unpaired) electrons. The molecule has 1 amide bonds. The maximum Gasteiger partial charge on any atom is 0.280 e. The molecule has 1 atom stereocenters. The molecule has 5 heteroatoms. The minimum Gasteiger partial charge on any atom is -0.481 e. The van der Waals surface area contributed by atoms with Gasteiger partial charge < -0.3 is 4.74 Å². The second-order valence-corrected chi connectivity index (χ2v) is 5.81. The summed E-state index contributed by atoms with van der Waals surface area (Å²) in [6, 6.07) is 13.0. The molecule has 0 bridgehead atoms. The molecule has 1 N–H and O–H groups in total. The first-order valence-electron chi connectivity index (χ1n) is 7.27. The van der Waals surface area contributed by atoms with E-state index >= 15 is 0 Å². The summed E-state index contributed by atoms with van der Waals surface area (Å²) in [6.45, 7) is 5.66. The van der Waals surface area contributed by atoms with Crippen LogP contribution in [0.25, 0.3) is 0 Å². The second kappa shape index (κ2) is 7.79. The van der Waals surface area contributed by atoms with Crippen molar-refractivity contribution in [3.8, 4) is 5.75 Å². The van der Waals surface area contributed by atoms with Gasteiger partial charge in [-0.3, -0.25) is 4.79 Å². The van der Waals surface area contributed by atoms with Gasteiger partial charge in [0, 0.05) is 5.02 Å². The zero-order chi connectivity index (χ0) is 16.8. The van der Waals surface area contributed by atoms with Gasteiger partial charge >= 0.3 is 0 Å². The number of halogens is 1. The molecule has 0 saturated carbocycles. The van der Waals surface area contributed by atoms with Crippen molar-refractivity contribution in [2.45, 2.75) is 26.9 Å². The van der Waals surface area contributed by atoms with Crippen LogP contribution in [0.2, 0.25) is 5.02 Å². The highest BCUT2D eigenvalue weighted by molar-refractivity contribution is 6.30. The number of amides is 1. The first-order chi connectivity index (χ1) is 10.9. The quantitative estimate of drug-likeness (QED) is 0.668. The van der Waals surface area contributed by atoms with Crippen molar-refractivity contribution < 1.29 is 9.53 Å². The van der Waals surface area contributed by atoms with Gasteiger partial charge in [0.1, 0.15) is 5.75 Å². The SMILES string of the molecule is Cc1cc(C)cc(O[C@H](C)C(=O)N/N=C\c2ccc(Cl)cc2)c1. The Morgan fingerprint density at radius 2 is 1.78 bits per heavy atom. The van der Waals surface area contributed by atoms with Gasteiger partial charge in [-0.2, -0.15) is 5.10 Å². The number of aryl methyl sites for hydroxylation is 2. The lowest BCUT2D eigenvalue weighted by molar-refractivity contribution is -0.127. The van der Waals surface area contributed by atoms with Gasteiger partial charge in [-0.1, -0.05) is 29.8 Å². The van der Waals surface area contributed by atoms with Crippen molar-refractivity contribution in [3.05, 3.63) is 64.2 Å². The summed E-state index contributed by atoms with van der Waals surface area (Å²) in [6.07, 6.45) is 0.913. The Kier molecular flexibility index (Phi) is 5.77. The molecule has 120 valence electrons. The average Bonchev–Trinajstić information content (AvgIpc) is 2.48. The lowest BCUT2D eigenvalue weighted by Crippen LogP contribution is -2.33. The standard InChI is InChI=1S/C18H19ClN2O2/c1-12-8-13(2)10-17(9-12)23-14(3)18(22)21-20-11-15-4-6-16(19)7-5-15/h4-11,14H,1-3H3,(H,21,22)/b20-11-/t14-/m1/s1. The first kappa shape index (κ1) is 17.0. The van der Waals surface area contributed by atoms with E-state index in [0.717, 1.165) is 16.7 Å². The van der Waals surface area contributed by atoms with Crippen LogP contribution in [-0.4, -0.2) is 18.2 Å². The Hall–Kier alpha value is -2.33. The Morgan fingerprint density at radius 3 is 2.39 bits per heavy atom. The van der Waals surface area contributed by atoms with E-state index in [9.17, 15) is 4.79 Å². The number of hydrogen-bond donors (Lipinski definition) is 1. The number of rotatable bonds is 5. The molecule has 4 nitrogen and oxygen atoms in total. The number of carbonyl (C=O) groups is 1. The first-order valence-corrected chi connectivity index (χ1v) is 7.65. The molecular weight excluding hydrogens is 312 g/mol. The van der Waals surface area contributed by atoms with E-state index in [4.69, 9.17) is 16.3 Å². The predicted octanol–water partition coefficient (Wildman–Crippen LogP) is 3.87. The van der Waals surface area contributed by atoms with Gasteiger partial charge in [0.15, 0.2) is 6.10 Å². The van der Waals surface area contributed by atoms with Gasteiger partial charge in [0.05, 0.1) is 6.21 Å². The Balaban J connectivity index is 1.90. The van der Waals surface area contributed by atoms with Crippen LogP contribution in [0.5, 0.6) is 5.75 Å². The van der Waals surface area contributed by atoms with E-state index in [1.165, 1.54) is 0 Å². The lowest BCUT2D eigenvalue weighted by Gasteiger charge is -2.14. The number of nitrogens with one attached hydrogen (secondary N) is 1. The topological polar surface area (TPSA) is 50.7 Å². The number of nitrogens with zero attached hydrogens (tertiary/aromatic N) is 1. The molecule has 2 aromatic carbocycles. The minimum absolute atomic E-state index is 0.311. The average molecular weight is 331 g/mol. The molecule has 2 aromatic rings. The van der Waals surface area contributed by atoms with Crippen LogP contribution in [0, 0.1) is 13.8 Å². The van der Waals surface area contributed by atoms with Crippen molar-refractivity contribution in [3.63, 3.8) is 0 Å². The summed E-state index contributed by atoms with van der Waals surface area (Å²) >= 11 is 5.81. The second-order valence-electron chi connectivity index (χ2n) is 5.37. The molecule has 0 saturated heterocycles. The van der Waals surface area contributed by atoms with Crippen LogP contribution in [0.15, 0.2) is 47.6 Å². The van der Waals surface area contributed by atoms with E-state index in [1.54, 1.807) is 25.3 Å². The smallest absolute Gasteiger partial charge is 0.280 e. The van der Waals surface area contributed by atoms with Crippen molar-refractivity contribution in [1.29, 1.82) is 0 Å². The van der Waals surface area contributed by atoms with E-state index in [2.05, 4.69) is 10.5 Å². The number of benzene rings is 2. The summed E-state index contributed by atoms with van der Waals surface area (Å²) in [5.74, 6) is 0.362. The Labute approximate surface area is 141 Å². The maximum absolute atomic E-state index is 12.0. The summed E-state index contributed by atoms with van der Waals surface area (Å²) in [4.78, 5) is 12.0. The summed E-state index contributed by atoms with van der Waals surface area (Å²) < 4.78 is 5.65. The number of hydrazone groups is 1. The lowest BCUT2D eigenvalue weighted by atomic mass is 10.1. The van der Waals surface area contributed by atoms with Gasteiger partial charge in [-0.05, 0) is 61.7 Å². The van der Waals surface area contributed by atoms with E-state index in [0.29, 0.717) is 10.8 Å². The monoisotopic (exact) mass is 330 g/mol. The van der Waals surface area contributed by atoms with Gasteiger partial charge in [0.2, 0.25) is 0 Å². The summed E-state index contributed by atoms with van der Waals surface area (Å²) in [5, 5.41) is 4.58. The van der Waals surface area contributed by atoms with Crippen LogP contribution in [-0.2, 0) is 4.79 Å². The molecular formula is C18H19ClN2O2. The molecule has 23 heavy (non-hydrogen) atoms. The van der Waals surface area contributed by atoms with E-state index in [-0.39, 0.29) is 5.91 Å². The van der Waals surface area contributed by atoms with Crippen LogP contribution in [0.4, 0.5) is 0 Å². The highest BCUT2D eigenvalue weighted by Gasteiger charge is 2.14. The normalized spacial score (nSPS) is 12.2. The molecule has 0 fully saturated rings. The fraction of sp³-hybridized carbons (Fsp3) is 0.222. The molecule has 0 unspecified atom stereocenters. The van der Waals surface area contributed by atoms with Crippen molar-refractivity contribution >= 4 is 23.7 Å². The van der Waals surface area contributed by atoms with Gasteiger partial charge in [-0.25, -0.2) is 5.43 Å². The van der Waals surface area contributed by atoms with Crippen LogP contribution in [0.3, 0.4) is 0 Å². The molecule has 0 heterocycles. The Bertz CT molecular complexity index is 691. The van der Waals surface area contributed by atoms with Gasteiger partial charge in [-0.15, -0.1) is 0 Å². The third-order valence-electron chi connectivity index (χ3n) is 3.14. The Morgan fingerprint density at radius 1 is 1.17 bits per heavy atom. The fourth-order valence-corrected chi connectivity index (χ4v) is 2.19. The zero-order valence-corrected chi connectivity index (χ0v) is 14.1. The molecule has 0 spiro atoms. The van der Waals surface area contributed by atoms with Crippen LogP contribution < -0.4 is 10.2 Å². The molecule has 0 aliphatic rings. The number of ether oxygens (including phenoxy) is 1. The molecule has 0 aliphatic heterocycles. The van der Waals surface area contributed by atoms with E-state index in [1.807, 2.05) is 44.2 Å². The highest BCUT2D eigenvalue weighted by Crippen LogP contribution is 2.17. The fourth-order valence-electron chi connectivity index (χ4n) is 2.07. The third-order valence-corrected chi connectivity index (χ3v) is 3.39. The zero-order valence-electron chi connectivity index (χ0n) is 13.3. The minimum atomic E-state index is -0.640. The molecule has 0 aromatic heterocycles. The highest BCUT2D eigenvalue weighted by atomic mass is 35.5. The summed E-state index contributed by atoms with van der Waals surface area (Å²) in [7, 11) is 0. The molecule has 0 aliphatic carbocycles. The third kappa shape index (κ3) is 5.42. The van der Waals surface area contributed by atoms with Gasteiger partial charge in [0.25, 0.3) is 5.91 Å². The van der Waals surface area contributed by atoms with Crippen LogP contribution in [0.1, 0.15) is 23.6 Å². The van der Waals surface area contributed by atoms with Crippen molar-refractivity contribution in [2.24, 2.45) is 5.10 Å². The van der Waals surface area contributed by atoms with Crippen LogP contribution >= 0.6 is 11.6 Å². The number of carbonyl (C=O) groups excluding carboxylic acids is 1. The number of hydrogen-bond acceptors (Lipinski definition) is 3. The maximum atomic E-state index is 12.0. The molecule has 2 rings (SSSR count). The summed E-state index contributed by atoms with van der Waals surface area (Å²) in [5.41, 5.74) is 5.49. The van der Waals surface area contributed by atoms with Crippen molar-refractivity contribution in [2.75, 3.05) is 0 Å². The predicted molar refractivity (Wildman–Crippen MR) is 93.2 cm³/mol. The largest absolute Gasteiger partial charge is 0.481 e.